The first kappa shape index (κ1) is 27.1. The summed E-state index contributed by atoms with van der Waals surface area (Å²) in [5.41, 5.74) is 4.83. The fourth-order valence-electron chi connectivity index (χ4n) is 6.44. The molecule has 0 spiro atoms. The van der Waals surface area contributed by atoms with Crippen molar-refractivity contribution >= 4 is 28.9 Å². The number of nitrogens with zero attached hydrogens (tertiary/aromatic N) is 2. The van der Waals surface area contributed by atoms with Crippen molar-refractivity contribution in [2.45, 2.75) is 50.4 Å². The van der Waals surface area contributed by atoms with Crippen LogP contribution in [-0.4, -0.2) is 90.2 Å². The lowest BCUT2D eigenvalue weighted by Crippen LogP contribution is -2.73. The summed E-state index contributed by atoms with van der Waals surface area (Å²) in [5, 5.41) is 34.3. The number of Topliss-reactive ketones (excluding diaryl/α,β-unsaturated/α-hetero) is 2. The molecular formula is C27H37N3O7. The number of hydrogen-bond donors (Lipinski definition) is 4. The van der Waals surface area contributed by atoms with Crippen LogP contribution >= 0.6 is 0 Å². The Hall–Kier alpha value is -2.95. The van der Waals surface area contributed by atoms with Gasteiger partial charge in [0, 0.05) is 37.3 Å². The van der Waals surface area contributed by atoms with E-state index in [-0.39, 0.29) is 17.8 Å². The molecule has 0 heterocycles. The van der Waals surface area contributed by atoms with E-state index in [1.165, 1.54) is 0 Å². The Morgan fingerprint density at radius 3 is 2.46 bits per heavy atom. The minimum atomic E-state index is -2.60. The monoisotopic (exact) mass is 515 g/mol. The van der Waals surface area contributed by atoms with Crippen LogP contribution in [0, 0.1) is 17.8 Å². The molecule has 202 valence electrons. The lowest BCUT2D eigenvalue weighted by molar-refractivity contribution is -0.184. The average Bonchev–Trinajstić information content (AvgIpc) is 2.81. The van der Waals surface area contributed by atoms with E-state index in [1.807, 2.05) is 32.0 Å². The second-order valence-corrected chi connectivity index (χ2v) is 10.8. The van der Waals surface area contributed by atoms with E-state index in [0.29, 0.717) is 24.3 Å². The summed E-state index contributed by atoms with van der Waals surface area (Å²) in [6.07, 6.45) is 0.759. The molecule has 4 rings (SSSR count). The number of rotatable bonds is 7. The predicted molar refractivity (Wildman–Crippen MR) is 137 cm³/mol. The van der Waals surface area contributed by atoms with Gasteiger partial charge in [0.2, 0.25) is 11.7 Å². The molecule has 6 atom stereocenters. The summed E-state index contributed by atoms with van der Waals surface area (Å²) in [7, 11) is 7.07. The Morgan fingerprint density at radius 2 is 1.89 bits per heavy atom. The number of amides is 1. The summed E-state index contributed by atoms with van der Waals surface area (Å²) in [4.78, 5) is 43.1. The molecule has 5 N–H and O–H groups in total. The highest BCUT2D eigenvalue weighted by atomic mass is 16.5. The molecule has 1 amide bonds. The number of fused-ring (bicyclic) bond motifs is 3. The van der Waals surface area contributed by atoms with Crippen LogP contribution in [0.3, 0.4) is 0 Å². The van der Waals surface area contributed by atoms with Crippen molar-refractivity contribution in [3.8, 4) is 5.75 Å². The maximum atomic E-state index is 14.0. The Bertz CT molecular complexity index is 1160. The standard InChI is InChI=1S/C27H37N3O7/c1-6-7-10-37-17-9-8-16(29(2)3)14-11-13-12-15-21(30(4)5)23(32)20(26(28)35)25(34)27(15,36)24(33)18(13)22(31)19(14)17/h8-9,13,15,20-21,23,31-32,36H,6-7,10-12H2,1-5H3,(H2,28,35)/t13-,15-,20?,21-,23?,27-/m0/s1. The Kier molecular flexibility index (Phi) is 7.13. The van der Waals surface area contributed by atoms with E-state index in [2.05, 4.69) is 0 Å². The predicted octanol–water partition coefficient (Wildman–Crippen LogP) is 0.668. The largest absolute Gasteiger partial charge is 0.507 e. The minimum absolute atomic E-state index is 0.0482. The maximum absolute atomic E-state index is 14.0. The molecule has 0 radical (unpaired) electrons. The van der Waals surface area contributed by atoms with Crippen molar-refractivity contribution in [2.24, 2.45) is 23.5 Å². The topological polar surface area (TPSA) is 154 Å². The number of carbonyl (C=O) groups excluding carboxylic acids is 3. The van der Waals surface area contributed by atoms with Gasteiger partial charge in [0.25, 0.3) is 0 Å². The van der Waals surface area contributed by atoms with Crippen molar-refractivity contribution in [1.82, 2.24) is 4.90 Å². The molecule has 0 aliphatic heterocycles. The third-order valence-electron chi connectivity index (χ3n) is 8.17. The summed E-state index contributed by atoms with van der Waals surface area (Å²) >= 11 is 0. The minimum Gasteiger partial charge on any atom is -0.507 e. The number of aliphatic hydroxyl groups is 3. The van der Waals surface area contributed by atoms with Crippen LogP contribution in [0.1, 0.15) is 37.3 Å². The zero-order valence-electron chi connectivity index (χ0n) is 22.0. The molecule has 0 saturated heterocycles. The Labute approximate surface area is 216 Å². The number of anilines is 1. The van der Waals surface area contributed by atoms with Crippen LogP contribution in [0.2, 0.25) is 0 Å². The number of ether oxygens (including phenoxy) is 1. The van der Waals surface area contributed by atoms with Crippen LogP contribution in [0.5, 0.6) is 5.75 Å². The van der Waals surface area contributed by atoms with Crippen molar-refractivity contribution in [3.63, 3.8) is 0 Å². The fraction of sp³-hybridized carbons (Fsp3) is 0.593. The van der Waals surface area contributed by atoms with Crippen LogP contribution in [0.15, 0.2) is 17.7 Å². The van der Waals surface area contributed by atoms with Gasteiger partial charge in [-0.2, -0.15) is 0 Å². The van der Waals surface area contributed by atoms with Crippen molar-refractivity contribution in [2.75, 3.05) is 39.7 Å². The number of primary amides is 1. The molecule has 1 aromatic rings. The van der Waals surface area contributed by atoms with E-state index in [9.17, 15) is 29.7 Å². The van der Waals surface area contributed by atoms with Crippen LogP contribution in [-0.2, 0) is 20.8 Å². The number of hydrogen-bond acceptors (Lipinski definition) is 9. The number of unbranched alkanes of at least 4 members (excludes halogenated alkanes) is 1. The van der Waals surface area contributed by atoms with Gasteiger partial charge < -0.3 is 35.6 Å². The molecule has 3 aliphatic rings. The van der Waals surface area contributed by atoms with Crippen molar-refractivity contribution in [3.05, 3.63) is 28.8 Å². The highest BCUT2D eigenvalue weighted by Crippen LogP contribution is 2.53. The highest BCUT2D eigenvalue weighted by molar-refractivity contribution is 6.25. The summed E-state index contributed by atoms with van der Waals surface area (Å²) in [5.74, 6) is -6.33. The number of aliphatic hydroxyl groups excluding tert-OH is 2. The van der Waals surface area contributed by atoms with Crippen LogP contribution < -0.4 is 15.4 Å². The average molecular weight is 516 g/mol. The number of likely N-dealkylation sites (N-methyl/N-ethyl adjacent to an activating group) is 1. The smallest absolute Gasteiger partial charge is 0.230 e. The first-order valence-corrected chi connectivity index (χ1v) is 12.7. The van der Waals surface area contributed by atoms with Gasteiger partial charge in [0.05, 0.1) is 18.3 Å². The number of nitrogens with two attached hydrogens (primary N) is 1. The summed E-state index contributed by atoms with van der Waals surface area (Å²) in [6, 6.07) is 2.78. The first-order chi connectivity index (χ1) is 17.4. The van der Waals surface area contributed by atoms with E-state index < -0.39 is 53.0 Å². The van der Waals surface area contributed by atoms with Gasteiger partial charge in [-0.25, -0.2) is 0 Å². The SMILES string of the molecule is CCCCOc1ccc(N(C)C)c2c1C(O)=C1C(=O)[C@]3(O)C(=O)C(C(N)=O)C(O)[C@@H](N(C)C)[C@@H]3C[C@@H]1C2. The third-order valence-corrected chi connectivity index (χ3v) is 8.17. The van der Waals surface area contributed by atoms with Gasteiger partial charge >= 0.3 is 0 Å². The van der Waals surface area contributed by atoms with Gasteiger partial charge in [-0.3, -0.25) is 14.4 Å². The quantitative estimate of drug-likeness (QED) is 0.303. The molecule has 2 unspecified atom stereocenters. The molecule has 2 saturated carbocycles. The van der Waals surface area contributed by atoms with Gasteiger partial charge in [0.1, 0.15) is 17.4 Å². The molecular weight excluding hydrogens is 478 g/mol. The number of carbonyl (C=O) groups is 3. The summed E-state index contributed by atoms with van der Waals surface area (Å²) in [6.45, 7) is 2.46. The van der Waals surface area contributed by atoms with E-state index >= 15 is 0 Å². The van der Waals surface area contributed by atoms with Gasteiger partial charge in [0.15, 0.2) is 11.4 Å². The van der Waals surface area contributed by atoms with Crippen LogP contribution in [0.4, 0.5) is 5.69 Å². The molecule has 10 nitrogen and oxygen atoms in total. The lowest BCUT2D eigenvalue weighted by Gasteiger charge is -2.53. The fourth-order valence-corrected chi connectivity index (χ4v) is 6.44. The number of benzene rings is 1. The lowest BCUT2D eigenvalue weighted by atomic mass is 9.54. The molecule has 37 heavy (non-hydrogen) atoms. The number of ketones is 2. The molecule has 3 aliphatic carbocycles. The molecule has 0 bridgehead atoms. The maximum Gasteiger partial charge on any atom is 0.230 e. The second kappa shape index (κ2) is 9.74. The first-order valence-electron chi connectivity index (χ1n) is 12.7. The van der Waals surface area contributed by atoms with Gasteiger partial charge in [-0.05, 0) is 57.0 Å². The van der Waals surface area contributed by atoms with E-state index in [0.717, 1.165) is 24.1 Å². The third kappa shape index (κ3) is 4.02. The molecule has 10 heteroatoms. The molecule has 1 aromatic carbocycles. The molecule has 0 aromatic heterocycles. The Morgan fingerprint density at radius 1 is 1.22 bits per heavy atom. The van der Waals surface area contributed by atoms with E-state index in [4.69, 9.17) is 10.5 Å². The van der Waals surface area contributed by atoms with Gasteiger partial charge in [-0.1, -0.05) is 13.3 Å². The summed E-state index contributed by atoms with van der Waals surface area (Å²) < 4.78 is 5.97. The van der Waals surface area contributed by atoms with Crippen LogP contribution in [0.25, 0.3) is 5.76 Å². The van der Waals surface area contributed by atoms with E-state index in [1.54, 1.807) is 25.1 Å². The van der Waals surface area contributed by atoms with Gasteiger partial charge in [-0.15, -0.1) is 0 Å². The normalized spacial score (nSPS) is 31.1. The zero-order chi connectivity index (χ0) is 27.4. The highest BCUT2D eigenvalue weighted by Gasteiger charge is 2.67. The zero-order valence-corrected chi connectivity index (χ0v) is 22.0. The Balaban J connectivity index is 1.90. The molecule has 2 fully saturated rings. The second-order valence-electron chi connectivity index (χ2n) is 10.8. The van der Waals surface area contributed by atoms with Crippen molar-refractivity contribution < 1.29 is 34.4 Å². The van der Waals surface area contributed by atoms with Crippen molar-refractivity contribution in [1.29, 1.82) is 0 Å².